The third-order valence-electron chi connectivity index (χ3n) is 5.28. The molecule has 29 heavy (non-hydrogen) atoms. The van der Waals surface area contributed by atoms with Crippen molar-refractivity contribution in [3.8, 4) is 0 Å². The predicted octanol–water partition coefficient (Wildman–Crippen LogP) is 3.67. The van der Waals surface area contributed by atoms with Crippen LogP contribution in [0, 0.1) is 5.92 Å². The van der Waals surface area contributed by atoms with E-state index in [0.29, 0.717) is 12.4 Å². The Morgan fingerprint density at radius 3 is 2.31 bits per heavy atom. The lowest BCUT2D eigenvalue weighted by molar-refractivity contribution is -0.121. The number of piperidine rings is 1. The van der Waals surface area contributed by atoms with Gasteiger partial charge in [-0.15, -0.1) is 0 Å². The lowest BCUT2D eigenvalue weighted by atomic mass is 9.87. The number of rotatable bonds is 5. The van der Waals surface area contributed by atoms with Gasteiger partial charge in [-0.3, -0.25) is 14.5 Å². The molecule has 1 aromatic carbocycles. The Morgan fingerprint density at radius 2 is 1.72 bits per heavy atom. The van der Waals surface area contributed by atoms with Crippen molar-refractivity contribution in [2.24, 2.45) is 5.92 Å². The maximum Gasteiger partial charge on any atom is 0.238 e. The van der Waals surface area contributed by atoms with Crippen molar-refractivity contribution >= 4 is 23.3 Å². The fourth-order valence-corrected chi connectivity index (χ4v) is 3.48. The fraction of sp³-hybridized carbons (Fsp3) is 0.435. The average molecular weight is 395 g/mol. The summed E-state index contributed by atoms with van der Waals surface area (Å²) in [6, 6.07) is 13.5. The Bertz CT molecular complexity index is 820. The van der Waals surface area contributed by atoms with Crippen LogP contribution in [0.1, 0.15) is 39.2 Å². The molecule has 0 bridgehead atoms. The number of carbonyl (C=O) groups is 2. The van der Waals surface area contributed by atoms with Crippen molar-refractivity contribution in [1.82, 2.24) is 9.88 Å². The van der Waals surface area contributed by atoms with Gasteiger partial charge in [0, 0.05) is 17.8 Å². The van der Waals surface area contributed by atoms with E-state index in [1.165, 1.54) is 5.56 Å². The van der Waals surface area contributed by atoms with Gasteiger partial charge in [-0.05, 0) is 61.2 Å². The van der Waals surface area contributed by atoms with Crippen LogP contribution in [0.4, 0.5) is 11.5 Å². The van der Waals surface area contributed by atoms with E-state index in [4.69, 9.17) is 0 Å². The van der Waals surface area contributed by atoms with Crippen LogP contribution in [-0.2, 0) is 15.0 Å². The van der Waals surface area contributed by atoms with E-state index in [2.05, 4.69) is 53.4 Å². The molecule has 2 aromatic rings. The average Bonchev–Trinajstić information content (AvgIpc) is 2.69. The molecule has 0 atom stereocenters. The maximum absolute atomic E-state index is 12.4. The minimum atomic E-state index is -0.0405. The van der Waals surface area contributed by atoms with Crippen molar-refractivity contribution < 1.29 is 9.59 Å². The van der Waals surface area contributed by atoms with E-state index >= 15 is 0 Å². The molecule has 6 heteroatoms. The molecule has 3 rings (SSSR count). The Morgan fingerprint density at radius 1 is 1.03 bits per heavy atom. The van der Waals surface area contributed by atoms with Crippen molar-refractivity contribution in [3.63, 3.8) is 0 Å². The molecule has 0 unspecified atom stereocenters. The minimum absolute atomic E-state index is 0.00624. The van der Waals surface area contributed by atoms with Crippen LogP contribution in [0.5, 0.6) is 0 Å². The molecule has 0 spiro atoms. The van der Waals surface area contributed by atoms with Crippen LogP contribution in [-0.4, -0.2) is 41.3 Å². The van der Waals surface area contributed by atoms with Gasteiger partial charge >= 0.3 is 0 Å². The van der Waals surface area contributed by atoms with Crippen LogP contribution in [0.25, 0.3) is 0 Å². The van der Waals surface area contributed by atoms with Crippen LogP contribution in [0.2, 0.25) is 0 Å². The second-order valence-corrected chi connectivity index (χ2v) is 8.63. The van der Waals surface area contributed by atoms with Crippen molar-refractivity contribution in [3.05, 3.63) is 54.2 Å². The molecule has 2 heterocycles. The highest BCUT2D eigenvalue weighted by Crippen LogP contribution is 2.23. The van der Waals surface area contributed by atoms with Crippen LogP contribution >= 0.6 is 0 Å². The van der Waals surface area contributed by atoms with Crippen molar-refractivity contribution in [2.75, 3.05) is 30.3 Å². The number of hydrogen-bond acceptors (Lipinski definition) is 4. The van der Waals surface area contributed by atoms with E-state index in [1.54, 1.807) is 12.3 Å². The summed E-state index contributed by atoms with van der Waals surface area (Å²) >= 11 is 0. The smallest absolute Gasteiger partial charge is 0.238 e. The third-order valence-corrected chi connectivity index (χ3v) is 5.28. The Balaban J connectivity index is 1.43. The topological polar surface area (TPSA) is 74.3 Å². The molecular formula is C23H30N4O2. The zero-order valence-corrected chi connectivity index (χ0v) is 17.4. The first-order chi connectivity index (χ1) is 13.8. The van der Waals surface area contributed by atoms with Crippen molar-refractivity contribution in [1.29, 1.82) is 0 Å². The highest BCUT2D eigenvalue weighted by Gasteiger charge is 2.26. The molecule has 6 nitrogen and oxygen atoms in total. The van der Waals surface area contributed by atoms with Crippen LogP contribution < -0.4 is 10.6 Å². The van der Waals surface area contributed by atoms with E-state index in [1.807, 2.05) is 24.3 Å². The maximum atomic E-state index is 12.4. The zero-order chi connectivity index (χ0) is 20.9. The molecule has 154 valence electrons. The quantitative estimate of drug-likeness (QED) is 0.811. The molecule has 1 aromatic heterocycles. The Labute approximate surface area is 172 Å². The number of nitrogens with zero attached hydrogens (tertiary/aromatic N) is 2. The number of carbonyl (C=O) groups excluding carboxylic acids is 2. The highest BCUT2D eigenvalue weighted by atomic mass is 16.2. The van der Waals surface area contributed by atoms with E-state index in [0.717, 1.165) is 31.6 Å². The molecule has 0 saturated carbocycles. The molecule has 1 fully saturated rings. The molecule has 2 N–H and O–H groups in total. The lowest BCUT2D eigenvalue weighted by Gasteiger charge is -2.30. The molecule has 0 radical (unpaired) electrons. The SMILES string of the molecule is CC(C)(C)c1ccc(NC(=O)CN2CCC(C(=O)Nc3ccccn3)CC2)cc1. The number of likely N-dealkylation sites (tertiary alicyclic amines) is 1. The number of benzene rings is 1. The standard InChI is InChI=1S/C23H30N4O2/c1-23(2,3)18-7-9-19(10-8-18)25-21(28)16-27-14-11-17(12-15-27)22(29)26-20-6-4-5-13-24-20/h4-10,13,17H,11-12,14-16H2,1-3H3,(H,25,28)(H,24,26,29). The third kappa shape index (κ3) is 6.12. The highest BCUT2D eigenvalue weighted by molar-refractivity contribution is 5.93. The molecule has 1 saturated heterocycles. The number of aromatic nitrogens is 1. The molecular weight excluding hydrogens is 364 g/mol. The van der Waals surface area contributed by atoms with Gasteiger partial charge in [0.2, 0.25) is 11.8 Å². The van der Waals surface area contributed by atoms with Gasteiger partial charge in [-0.2, -0.15) is 0 Å². The monoisotopic (exact) mass is 394 g/mol. The summed E-state index contributed by atoms with van der Waals surface area (Å²) in [5.74, 6) is 0.523. The Kier molecular flexibility index (Phi) is 6.64. The number of hydrogen-bond donors (Lipinski definition) is 2. The first-order valence-electron chi connectivity index (χ1n) is 10.2. The number of nitrogens with one attached hydrogen (secondary N) is 2. The number of amides is 2. The van der Waals surface area contributed by atoms with Crippen LogP contribution in [0.15, 0.2) is 48.7 Å². The lowest BCUT2D eigenvalue weighted by Crippen LogP contribution is -2.41. The second kappa shape index (κ2) is 9.18. The van der Waals surface area contributed by atoms with Gasteiger partial charge in [-0.1, -0.05) is 39.0 Å². The normalized spacial score (nSPS) is 15.7. The largest absolute Gasteiger partial charge is 0.325 e. The van der Waals surface area contributed by atoms with Crippen molar-refractivity contribution in [2.45, 2.75) is 39.0 Å². The minimum Gasteiger partial charge on any atom is -0.325 e. The summed E-state index contributed by atoms with van der Waals surface area (Å²) < 4.78 is 0. The molecule has 1 aliphatic heterocycles. The summed E-state index contributed by atoms with van der Waals surface area (Å²) in [6.45, 7) is 8.31. The second-order valence-electron chi connectivity index (χ2n) is 8.63. The predicted molar refractivity (Wildman–Crippen MR) is 116 cm³/mol. The zero-order valence-electron chi connectivity index (χ0n) is 17.4. The fourth-order valence-electron chi connectivity index (χ4n) is 3.48. The first-order valence-corrected chi connectivity index (χ1v) is 10.2. The number of pyridine rings is 1. The molecule has 2 amide bonds. The van der Waals surface area contributed by atoms with E-state index < -0.39 is 0 Å². The Hall–Kier alpha value is -2.73. The summed E-state index contributed by atoms with van der Waals surface area (Å²) in [5.41, 5.74) is 2.14. The summed E-state index contributed by atoms with van der Waals surface area (Å²) in [7, 11) is 0. The first kappa shape index (κ1) is 21.0. The van der Waals surface area contributed by atoms with E-state index in [9.17, 15) is 9.59 Å². The van der Waals surface area contributed by atoms with E-state index in [-0.39, 0.29) is 23.1 Å². The summed E-state index contributed by atoms with van der Waals surface area (Å²) in [5, 5.41) is 5.83. The molecule has 1 aliphatic rings. The van der Waals surface area contributed by atoms with Gasteiger partial charge in [0.1, 0.15) is 5.82 Å². The van der Waals surface area contributed by atoms with Crippen LogP contribution in [0.3, 0.4) is 0 Å². The number of anilines is 2. The summed E-state index contributed by atoms with van der Waals surface area (Å²) in [4.78, 5) is 31.0. The van der Waals surface area contributed by atoms with Gasteiger partial charge in [0.15, 0.2) is 0 Å². The van der Waals surface area contributed by atoms with Gasteiger partial charge < -0.3 is 10.6 Å². The van der Waals surface area contributed by atoms with Gasteiger partial charge in [-0.25, -0.2) is 4.98 Å². The molecule has 0 aliphatic carbocycles. The van der Waals surface area contributed by atoms with Gasteiger partial charge in [0.25, 0.3) is 0 Å². The summed E-state index contributed by atoms with van der Waals surface area (Å²) in [6.07, 6.45) is 3.14. The van der Waals surface area contributed by atoms with Gasteiger partial charge in [0.05, 0.1) is 6.54 Å².